The first-order valence-corrected chi connectivity index (χ1v) is 9.49. The van der Waals surface area contributed by atoms with Gasteiger partial charge in [-0.1, -0.05) is 18.2 Å². The molecule has 0 fully saturated rings. The molecule has 0 saturated heterocycles. The molecular weight excluding hydrogens is 384 g/mol. The van der Waals surface area contributed by atoms with Gasteiger partial charge in [0.15, 0.2) is 5.78 Å². The van der Waals surface area contributed by atoms with Crippen molar-refractivity contribution >= 4 is 17.7 Å². The Morgan fingerprint density at radius 3 is 2.37 bits per heavy atom. The van der Waals surface area contributed by atoms with Gasteiger partial charge in [0.05, 0.1) is 26.5 Å². The molecule has 0 aliphatic heterocycles. The minimum atomic E-state index is -0.509. The van der Waals surface area contributed by atoms with Crippen LogP contribution in [0.2, 0.25) is 0 Å². The molecule has 3 aromatic rings. The van der Waals surface area contributed by atoms with E-state index in [-0.39, 0.29) is 24.8 Å². The molecule has 7 nitrogen and oxygen atoms in total. The number of carbonyl (C=O) groups excluding carboxylic acids is 3. The third kappa shape index (κ3) is 4.05. The number of benzene rings is 1. The van der Waals surface area contributed by atoms with Crippen LogP contribution in [0.3, 0.4) is 0 Å². The van der Waals surface area contributed by atoms with Crippen molar-refractivity contribution in [2.24, 2.45) is 7.05 Å². The Balaban J connectivity index is 1.94. The van der Waals surface area contributed by atoms with Crippen LogP contribution in [-0.2, 0) is 18.3 Å². The van der Waals surface area contributed by atoms with Gasteiger partial charge in [0.2, 0.25) is 0 Å². The molecular formula is C23H24N2O5. The van der Waals surface area contributed by atoms with Crippen LogP contribution in [0.5, 0.6) is 0 Å². The normalized spacial score (nSPS) is 10.7. The van der Waals surface area contributed by atoms with Crippen LogP contribution in [0.15, 0.2) is 53.1 Å². The number of aromatic nitrogens is 1. The van der Waals surface area contributed by atoms with E-state index in [0.29, 0.717) is 33.8 Å². The summed E-state index contributed by atoms with van der Waals surface area (Å²) in [6, 6.07) is 12.3. The number of Topliss-reactive ketones (excluding diaryl/α,β-unsaturated/α-hetero) is 1. The van der Waals surface area contributed by atoms with Crippen LogP contribution in [0, 0.1) is 13.8 Å². The first kappa shape index (κ1) is 21.1. The topological polar surface area (TPSA) is 81.8 Å². The fourth-order valence-corrected chi connectivity index (χ4v) is 3.58. The minimum absolute atomic E-state index is 0.152. The molecule has 0 spiro atoms. The van der Waals surface area contributed by atoms with Crippen molar-refractivity contribution in [3.05, 3.63) is 82.6 Å². The highest BCUT2D eigenvalue weighted by Gasteiger charge is 2.28. The SMILES string of the molecule is COC(=O)c1c(C)c(C(=O)CN(Cc2ccco2)C(=O)c2ccccc2)c(C)n1C. The molecule has 0 aliphatic carbocycles. The Morgan fingerprint density at radius 1 is 1.07 bits per heavy atom. The average Bonchev–Trinajstić information content (AvgIpc) is 3.33. The Bertz CT molecular complexity index is 1060. The molecule has 30 heavy (non-hydrogen) atoms. The van der Waals surface area contributed by atoms with E-state index in [2.05, 4.69) is 0 Å². The number of nitrogens with zero attached hydrogens (tertiary/aromatic N) is 2. The highest BCUT2D eigenvalue weighted by atomic mass is 16.5. The number of carbonyl (C=O) groups is 3. The van der Waals surface area contributed by atoms with Gasteiger partial charge in [-0.25, -0.2) is 4.79 Å². The summed E-state index contributed by atoms with van der Waals surface area (Å²) in [5, 5.41) is 0. The molecule has 0 N–H and O–H groups in total. The van der Waals surface area contributed by atoms with E-state index in [1.807, 2.05) is 6.07 Å². The number of ether oxygens (including phenoxy) is 1. The van der Waals surface area contributed by atoms with E-state index >= 15 is 0 Å². The molecule has 156 valence electrons. The molecule has 7 heteroatoms. The zero-order valence-corrected chi connectivity index (χ0v) is 17.5. The molecule has 0 bridgehead atoms. The summed E-state index contributed by atoms with van der Waals surface area (Å²) >= 11 is 0. The number of hydrogen-bond acceptors (Lipinski definition) is 5. The summed E-state index contributed by atoms with van der Waals surface area (Å²) in [5.41, 5.74) is 2.40. The number of methoxy groups -OCH3 is 1. The van der Waals surface area contributed by atoms with Gasteiger partial charge in [-0.05, 0) is 43.7 Å². The highest BCUT2D eigenvalue weighted by molar-refractivity contribution is 6.06. The van der Waals surface area contributed by atoms with E-state index in [0.717, 1.165) is 0 Å². The van der Waals surface area contributed by atoms with Gasteiger partial charge in [-0.2, -0.15) is 0 Å². The third-order valence-corrected chi connectivity index (χ3v) is 5.16. The average molecular weight is 408 g/mol. The van der Waals surface area contributed by atoms with Crippen molar-refractivity contribution in [1.29, 1.82) is 0 Å². The van der Waals surface area contributed by atoms with E-state index in [9.17, 15) is 14.4 Å². The summed E-state index contributed by atoms with van der Waals surface area (Å²) in [5.74, 6) is -0.472. The lowest BCUT2D eigenvalue weighted by atomic mass is 10.0. The second kappa shape index (κ2) is 8.82. The number of rotatable bonds is 7. The van der Waals surface area contributed by atoms with E-state index < -0.39 is 5.97 Å². The maximum atomic E-state index is 13.2. The second-order valence-electron chi connectivity index (χ2n) is 7.01. The van der Waals surface area contributed by atoms with Gasteiger partial charge >= 0.3 is 5.97 Å². The summed E-state index contributed by atoms with van der Waals surface area (Å²) < 4.78 is 11.9. The lowest BCUT2D eigenvalue weighted by Crippen LogP contribution is -2.35. The predicted molar refractivity (Wildman–Crippen MR) is 110 cm³/mol. The first-order valence-electron chi connectivity index (χ1n) is 9.49. The molecule has 0 aliphatic rings. The lowest BCUT2D eigenvalue weighted by Gasteiger charge is -2.21. The van der Waals surface area contributed by atoms with Crippen LogP contribution in [0.25, 0.3) is 0 Å². The Labute approximate surface area is 174 Å². The summed E-state index contributed by atoms with van der Waals surface area (Å²) in [6.45, 7) is 3.48. The summed E-state index contributed by atoms with van der Waals surface area (Å²) in [4.78, 5) is 39.9. The van der Waals surface area contributed by atoms with Crippen LogP contribution in [-0.4, -0.2) is 40.8 Å². The predicted octanol–water partition coefficient (Wildman–Crippen LogP) is 3.55. The third-order valence-electron chi connectivity index (χ3n) is 5.16. The quantitative estimate of drug-likeness (QED) is 0.441. The molecule has 1 amide bonds. The van der Waals surface area contributed by atoms with Gasteiger partial charge in [0, 0.05) is 23.9 Å². The minimum Gasteiger partial charge on any atom is -0.467 e. The smallest absolute Gasteiger partial charge is 0.354 e. The van der Waals surface area contributed by atoms with Crippen molar-refractivity contribution < 1.29 is 23.5 Å². The van der Waals surface area contributed by atoms with E-state index in [1.54, 1.807) is 61.9 Å². The highest BCUT2D eigenvalue weighted by Crippen LogP contribution is 2.23. The molecule has 0 atom stereocenters. The fourth-order valence-electron chi connectivity index (χ4n) is 3.58. The fraction of sp³-hybridized carbons (Fsp3) is 0.261. The van der Waals surface area contributed by atoms with E-state index in [1.165, 1.54) is 18.3 Å². The van der Waals surface area contributed by atoms with E-state index in [4.69, 9.17) is 9.15 Å². The van der Waals surface area contributed by atoms with Crippen LogP contribution >= 0.6 is 0 Å². The Kier molecular flexibility index (Phi) is 6.20. The zero-order valence-electron chi connectivity index (χ0n) is 17.5. The first-order chi connectivity index (χ1) is 14.3. The zero-order chi connectivity index (χ0) is 21.8. The molecule has 0 saturated carbocycles. The van der Waals surface area contributed by atoms with Crippen LogP contribution in [0.4, 0.5) is 0 Å². The van der Waals surface area contributed by atoms with Crippen molar-refractivity contribution in [1.82, 2.24) is 9.47 Å². The molecule has 3 rings (SSSR count). The van der Waals surface area contributed by atoms with Gasteiger partial charge in [0.25, 0.3) is 5.91 Å². The van der Waals surface area contributed by atoms with Crippen molar-refractivity contribution in [3.8, 4) is 0 Å². The number of hydrogen-bond donors (Lipinski definition) is 0. The van der Waals surface area contributed by atoms with Crippen molar-refractivity contribution in [3.63, 3.8) is 0 Å². The van der Waals surface area contributed by atoms with Gasteiger partial charge in [-0.15, -0.1) is 0 Å². The second-order valence-corrected chi connectivity index (χ2v) is 7.01. The maximum Gasteiger partial charge on any atom is 0.354 e. The lowest BCUT2D eigenvalue weighted by molar-refractivity contribution is 0.0588. The monoisotopic (exact) mass is 408 g/mol. The maximum absolute atomic E-state index is 13.2. The van der Waals surface area contributed by atoms with Crippen molar-refractivity contribution in [2.75, 3.05) is 13.7 Å². The number of amides is 1. The number of esters is 1. The largest absolute Gasteiger partial charge is 0.467 e. The van der Waals surface area contributed by atoms with Crippen molar-refractivity contribution in [2.45, 2.75) is 20.4 Å². The molecule has 2 heterocycles. The number of ketones is 1. The standard InChI is InChI=1S/C23H24N2O5/c1-15-20(16(2)24(3)21(15)23(28)29-4)19(26)14-25(13-18-11-8-12-30-18)22(27)17-9-6-5-7-10-17/h5-12H,13-14H2,1-4H3. The molecule has 1 aromatic carbocycles. The van der Waals surface area contributed by atoms with Gasteiger partial charge < -0.3 is 18.6 Å². The number of furan rings is 1. The van der Waals surface area contributed by atoms with Gasteiger partial charge in [0.1, 0.15) is 11.5 Å². The van der Waals surface area contributed by atoms with Gasteiger partial charge in [-0.3, -0.25) is 9.59 Å². The van der Waals surface area contributed by atoms with Crippen LogP contribution < -0.4 is 0 Å². The molecule has 0 radical (unpaired) electrons. The molecule has 2 aromatic heterocycles. The molecule has 0 unspecified atom stereocenters. The summed E-state index contributed by atoms with van der Waals surface area (Å²) in [6.07, 6.45) is 1.52. The Hall–Kier alpha value is -3.61. The van der Waals surface area contributed by atoms with Crippen LogP contribution in [0.1, 0.15) is 48.2 Å². The Morgan fingerprint density at radius 2 is 1.77 bits per heavy atom. The summed E-state index contributed by atoms with van der Waals surface area (Å²) in [7, 11) is 3.01.